The first-order chi connectivity index (χ1) is 18.2. The van der Waals surface area contributed by atoms with Crippen molar-refractivity contribution >= 4 is 23.3 Å². The Morgan fingerprint density at radius 1 is 1.05 bits per heavy atom. The minimum absolute atomic E-state index is 0.0414. The predicted octanol–water partition coefficient (Wildman–Crippen LogP) is 5.23. The minimum Gasteiger partial charge on any atom is -0.469 e. The van der Waals surface area contributed by atoms with Crippen LogP contribution in [0.3, 0.4) is 0 Å². The lowest BCUT2D eigenvalue weighted by Crippen LogP contribution is -2.53. The van der Waals surface area contributed by atoms with Crippen molar-refractivity contribution in [1.29, 1.82) is 0 Å². The molecule has 0 spiro atoms. The fraction of sp³-hybridized carbons (Fsp3) is 0.517. The maximum absolute atomic E-state index is 13.8. The molecule has 38 heavy (non-hydrogen) atoms. The molecule has 0 atom stereocenters. The number of halogens is 3. The van der Waals surface area contributed by atoms with Gasteiger partial charge in [-0.2, -0.15) is 13.2 Å². The van der Waals surface area contributed by atoms with E-state index in [0.29, 0.717) is 44.7 Å². The number of amides is 1. The summed E-state index contributed by atoms with van der Waals surface area (Å²) >= 11 is 0. The van der Waals surface area contributed by atoms with Crippen LogP contribution < -0.4 is 15.1 Å². The van der Waals surface area contributed by atoms with Gasteiger partial charge >= 0.3 is 12.1 Å². The number of alkyl halides is 3. The Hall–Kier alpha value is -3.07. The molecule has 0 saturated heterocycles. The topological polar surface area (TPSA) is 61.9 Å². The van der Waals surface area contributed by atoms with Gasteiger partial charge in [0.2, 0.25) is 5.91 Å². The number of hydrogen-bond donors (Lipinski definition) is 1. The molecule has 2 saturated carbocycles. The van der Waals surface area contributed by atoms with Gasteiger partial charge in [-0.05, 0) is 74.3 Å². The molecule has 0 radical (unpaired) electrons. The zero-order valence-corrected chi connectivity index (χ0v) is 21.7. The molecule has 2 fully saturated rings. The lowest BCUT2D eigenvalue weighted by molar-refractivity contribution is -0.141. The number of nitrogens with zero attached hydrogens (tertiary/aromatic N) is 2. The number of fused-ring (bicyclic) bond motifs is 1. The maximum Gasteiger partial charge on any atom is 0.416 e. The molecule has 3 aliphatic rings. The van der Waals surface area contributed by atoms with E-state index in [4.69, 9.17) is 0 Å². The zero-order chi connectivity index (χ0) is 26.9. The second kappa shape index (κ2) is 10.6. The number of carbonyl (C=O) groups excluding carboxylic acids is 2. The number of anilines is 2. The average Bonchev–Trinajstić information content (AvgIpc) is 3.84. The van der Waals surface area contributed by atoms with Crippen LogP contribution in [0.5, 0.6) is 0 Å². The number of para-hydroxylation sites is 2. The number of nitrogens with one attached hydrogen (secondary N) is 1. The van der Waals surface area contributed by atoms with Gasteiger partial charge in [0.1, 0.15) is 0 Å². The van der Waals surface area contributed by atoms with Crippen LogP contribution >= 0.6 is 0 Å². The summed E-state index contributed by atoms with van der Waals surface area (Å²) in [6.07, 6.45) is 1.17. The second-order valence-corrected chi connectivity index (χ2v) is 10.6. The molecule has 2 aromatic rings. The molecule has 1 heterocycles. The fourth-order valence-electron chi connectivity index (χ4n) is 5.40. The first-order valence-electron chi connectivity index (χ1n) is 13.4. The SMILES string of the molecule is COC(=O)CCCCc1ccc(C(F)(F)F)c(CNC2(C(=O)N3CCN(C4CC4)c4ccccc43)CC2)c1. The normalized spacial score (nSPS) is 18.2. The summed E-state index contributed by atoms with van der Waals surface area (Å²) in [7, 11) is 1.34. The highest BCUT2D eigenvalue weighted by atomic mass is 19.4. The Bertz CT molecular complexity index is 1190. The number of esters is 1. The van der Waals surface area contributed by atoms with Crippen LogP contribution in [0, 0.1) is 0 Å². The van der Waals surface area contributed by atoms with Gasteiger partial charge in [0, 0.05) is 32.1 Å². The van der Waals surface area contributed by atoms with Gasteiger partial charge in [-0.25, -0.2) is 0 Å². The van der Waals surface area contributed by atoms with Crippen molar-refractivity contribution in [3.05, 3.63) is 59.2 Å². The van der Waals surface area contributed by atoms with E-state index in [2.05, 4.69) is 15.0 Å². The van der Waals surface area contributed by atoms with Gasteiger partial charge in [0.05, 0.1) is 29.6 Å². The summed E-state index contributed by atoms with van der Waals surface area (Å²) in [5.74, 6) is -0.355. The van der Waals surface area contributed by atoms with Gasteiger partial charge in [0.15, 0.2) is 0 Å². The zero-order valence-electron chi connectivity index (χ0n) is 21.7. The van der Waals surface area contributed by atoms with Crippen LogP contribution in [-0.2, 0) is 33.5 Å². The van der Waals surface area contributed by atoms with Crippen LogP contribution in [0.1, 0.15) is 61.6 Å². The quantitative estimate of drug-likeness (QED) is 0.338. The first-order valence-corrected chi connectivity index (χ1v) is 13.4. The number of benzene rings is 2. The molecular formula is C29H34F3N3O3. The smallest absolute Gasteiger partial charge is 0.416 e. The Morgan fingerprint density at radius 2 is 1.79 bits per heavy atom. The molecule has 9 heteroatoms. The number of hydrogen-bond acceptors (Lipinski definition) is 5. The van der Waals surface area contributed by atoms with Crippen molar-refractivity contribution in [3.8, 4) is 0 Å². The molecule has 1 amide bonds. The molecule has 1 aliphatic heterocycles. The summed E-state index contributed by atoms with van der Waals surface area (Å²) in [5.41, 5.74) is 1.34. The molecule has 0 bridgehead atoms. The number of ether oxygens (including phenoxy) is 1. The number of carbonyl (C=O) groups is 2. The fourth-order valence-corrected chi connectivity index (χ4v) is 5.40. The van der Waals surface area contributed by atoms with Crippen molar-refractivity contribution in [2.24, 2.45) is 0 Å². The highest BCUT2D eigenvalue weighted by molar-refractivity contribution is 6.05. The van der Waals surface area contributed by atoms with E-state index in [9.17, 15) is 22.8 Å². The molecule has 204 valence electrons. The monoisotopic (exact) mass is 529 g/mol. The van der Waals surface area contributed by atoms with E-state index in [-0.39, 0.29) is 30.4 Å². The number of aryl methyl sites for hydroxylation is 1. The van der Waals surface area contributed by atoms with Crippen molar-refractivity contribution in [2.45, 2.75) is 75.7 Å². The number of rotatable bonds is 10. The van der Waals surface area contributed by atoms with Gasteiger partial charge in [0.25, 0.3) is 0 Å². The third kappa shape index (κ3) is 5.67. The van der Waals surface area contributed by atoms with Crippen molar-refractivity contribution in [3.63, 3.8) is 0 Å². The standard InChI is InChI=1S/C29H34F3N3O3/c1-38-26(36)9-5-2-6-20-10-13-23(29(30,31)32)21(18-20)19-33-28(14-15-28)27(37)35-17-16-34(22-11-12-22)24-7-3-4-8-25(24)35/h3-4,7-8,10,13,18,22,33H,2,5-6,9,11-12,14-17,19H2,1H3. The number of unbranched alkanes of at least 4 members (excludes halogenated alkanes) is 1. The first kappa shape index (κ1) is 26.5. The summed E-state index contributed by atoms with van der Waals surface area (Å²) in [6.45, 7) is 1.30. The second-order valence-electron chi connectivity index (χ2n) is 10.6. The number of methoxy groups -OCH3 is 1. The molecule has 1 N–H and O–H groups in total. The average molecular weight is 530 g/mol. The van der Waals surface area contributed by atoms with Crippen LogP contribution in [-0.4, -0.2) is 43.7 Å². The van der Waals surface area contributed by atoms with E-state index in [0.717, 1.165) is 29.5 Å². The van der Waals surface area contributed by atoms with Crippen LogP contribution in [0.2, 0.25) is 0 Å². The van der Waals surface area contributed by atoms with Gasteiger partial charge in [-0.1, -0.05) is 24.3 Å². The van der Waals surface area contributed by atoms with E-state index in [1.54, 1.807) is 6.07 Å². The highest BCUT2D eigenvalue weighted by Crippen LogP contribution is 2.44. The third-order valence-electron chi connectivity index (χ3n) is 7.85. The largest absolute Gasteiger partial charge is 0.469 e. The Kier molecular flexibility index (Phi) is 7.40. The Labute approximate surface area is 221 Å². The molecule has 6 nitrogen and oxygen atoms in total. The van der Waals surface area contributed by atoms with Crippen molar-refractivity contribution in [2.75, 3.05) is 30.0 Å². The van der Waals surface area contributed by atoms with Crippen LogP contribution in [0.4, 0.5) is 24.5 Å². The molecule has 2 aromatic carbocycles. The van der Waals surface area contributed by atoms with E-state index < -0.39 is 17.3 Å². The lowest BCUT2D eigenvalue weighted by Gasteiger charge is -2.39. The van der Waals surface area contributed by atoms with E-state index in [1.807, 2.05) is 29.2 Å². The summed E-state index contributed by atoms with van der Waals surface area (Å²) < 4.78 is 46.1. The molecule has 5 rings (SSSR count). The van der Waals surface area contributed by atoms with Crippen molar-refractivity contribution < 1.29 is 27.5 Å². The van der Waals surface area contributed by atoms with Gasteiger partial charge in [-0.3, -0.25) is 14.9 Å². The molecular weight excluding hydrogens is 495 g/mol. The maximum atomic E-state index is 13.8. The van der Waals surface area contributed by atoms with Crippen LogP contribution in [0.25, 0.3) is 0 Å². The van der Waals surface area contributed by atoms with Gasteiger partial charge in [-0.15, -0.1) is 0 Å². The highest BCUT2D eigenvalue weighted by Gasteiger charge is 2.53. The lowest BCUT2D eigenvalue weighted by atomic mass is 9.99. The predicted molar refractivity (Wildman–Crippen MR) is 139 cm³/mol. The Morgan fingerprint density at radius 3 is 2.45 bits per heavy atom. The molecule has 2 aliphatic carbocycles. The summed E-state index contributed by atoms with van der Waals surface area (Å²) in [6, 6.07) is 12.7. The summed E-state index contributed by atoms with van der Waals surface area (Å²) in [4.78, 5) is 29.3. The van der Waals surface area contributed by atoms with Gasteiger partial charge < -0.3 is 14.5 Å². The van der Waals surface area contributed by atoms with E-state index >= 15 is 0 Å². The summed E-state index contributed by atoms with van der Waals surface area (Å²) in [5, 5.41) is 3.22. The van der Waals surface area contributed by atoms with E-state index in [1.165, 1.54) is 26.0 Å². The Balaban J connectivity index is 1.29. The molecule has 0 aromatic heterocycles. The third-order valence-corrected chi connectivity index (χ3v) is 7.85. The minimum atomic E-state index is -4.49. The van der Waals surface area contributed by atoms with Crippen molar-refractivity contribution in [1.82, 2.24) is 5.32 Å². The molecule has 0 unspecified atom stereocenters. The van der Waals surface area contributed by atoms with Crippen LogP contribution in [0.15, 0.2) is 42.5 Å².